The summed E-state index contributed by atoms with van der Waals surface area (Å²) in [5.74, 6) is 1.22. The summed E-state index contributed by atoms with van der Waals surface area (Å²) in [4.78, 5) is 20.6. The van der Waals surface area contributed by atoms with E-state index in [-0.39, 0.29) is 5.97 Å². The van der Waals surface area contributed by atoms with Gasteiger partial charge in [0.1, 0.15) is 11.6 Å². The second-order valence-electron chi connectivity index (χ2n) is 8.74. The van der Waals surface area contributed by atoms with E-state index in [4.69, 9.17) is 15.5 Å². The van der Waals surface area contributed by atoms with Gasteiger partial charge in [-0.15, -0.1) is 0 Å². The third-order valence-corrected chi connectivity index (χ3v) is 7.17. The number of fused-ring (bicyclic) bond motifs is 1. The third kappa shape index (κ3) is 6.72. The molecule has 35 heavy (non-hydrogen) atoms. The highest BCUT2D eigenvalue weighted by atomic mass is 32.2. The van der Waals surface area contributed by atoms with Crippen molar-refractivity contribution in [3.8, 4) is 17.0 Å². The number of esters is 1. The fourth-order valence-electron chi connectivity index (χ4n) is 4.13. The van der Waals surface area contributed by atoms with E-state index < -0.39 is 10.0 Å². The summed E-state index contributed by atoms with van der Waals surface area (Å²) in [6.45, 7) is 1.13. The Balaban J connectivity index is 1.40. The molecule has 1 aliphatic heterocycles. The van der Waals surface area contributed by atoms with E-state index in [1.807, 2.05) is 48.5 Å². The Kier molecular flexibility index (Phi) is 7.90. The maximum absolute atomic E-state index is 12.2. The second kappa shape index (κ2) is 11.1. The Morgan fingerprint density at radius 1 is 1.06 bits per heavy atom. The van der Waals surface area contributed by atoms with Crippen molar-refractivity contribution in [3.05, 3.63) is 77.2 Å². The number of hydrogen-bond acceptors (Lipinski definition) is 7. The van der Waals surface area contributed by atoms with Crippen LogP contribution in [0.1, 0.15) is 35.4 Å². The molecule has 2 heterocycles. The SMILES string of the molecule is CS(=O)(=O)N(CCCN)Cc1cccc(-c2ccnc(CCCc3ccc4c(c3)CC(=O)O4)n2)c1. The molecular weight excluding hydrogens is 464 g/mol. The number of carbonyl (C=O) groups is 1. The summed E-state index contributed by atoms with van der Waals surface area (Å²) >= 11 is 0. The largest absolute Gasteiger partial charge is 0.426 e. The van der Waals surface area contributed by atoms with Gasteiger partial charge in [-0.3, -0.25) is 4.79 Å². The first-order valence-electron chi connectivity index (χ1n) is 11.7. The topological polar surface area (TPSA) is 115 Å². The Hall–Kier alpha value is -3.14. The van der Waals surface area contributed by atoms with Gasteiger partial charge in [-0.25, -0.2) is 18.4 Å². The number of aryl methyl sites for hydroxylation is 2. The zero-order valence-corrected chi connectivity index (χ0v) is 20.6. The zero-order chi connectivity index (χ0) is 24.8. The van der Waals surface area contributed by atoms with E-state index >= 15 is 0 Å². The molecule has 1 aromatic heterocycles. The molecule has 3 aromatic rings. The van der Waals surface area contributed by atoms with E-state index in [1.165, 1.54) is 10.6 Å². The number of rotatable bonds is 11. The second-order valence-corrected chi connectivity index (χ2v) is 10.7. The monoisotopic (exact) mass is 494 g/mol. The van der Waals surface area contributed by atoms with Crippen molar-refractivity contribution in [2.45, 2.75) is 38.6 Å². The van der Waals surface area contributed by atoms with Gasteiger partial charge in [0.05, 0.1) is 18.4 Å². The fourth-order valence-corrected chi connectivity index (χ4v) is 4.98. The molecule has 8 nitrogen and oxygen atoms in total. The number of aromatic nitrogens is 2. The summed E-state index contributed by atoms with van der Waals surface area (Å²) in [6, 6.07) is 15.5. The molecular formula is C26H30N4O4S. The van der Waals surface area contributed by atoms with Crippen LogP contribution < -0.4 is 10.5 Å². The summed E-state index contributed by atoms with van der Waals surface area (Å²) in [7, 11) is -3.33. The molecule has 184 valence electrons. The summed E-state index contributed by atoms with van der Waals surface area (Å²) in [5, 5.41) is 0. The quantitative estimate of drug-likeness (QED) is 0.322. The molecule has 0 spiro atoms. The Morgan fingerprint density at radius 2 is 1.91 bits per heavy atom. The average molecular weight is 495 g/mol. The van der Waals surface area contributed by atoms with Crippen LogP contribution in [-0.2, 0) is 40.6 Å². The lowest BCUT2D eigenvalue weighted by Gasteiger charge is -2.20. The van der Waals surface area contributed by atoms with Crippen LogP contribution in [0.5, 0.6) is 5.75 Å². The van der Waals surface area contributed by atoms with Crippen molar-refractivity contribution in [1.29, 1.82) is 0 Å². The van der Waals surface area contributed by atoms with Gasteiger partial charge in [0.25, 0.3) is 0 Å². The van der Waals surface area contributed by atoms with Crippen molar-refractivity contribution >= 4 is 16.0 Å². The van der Waals surface area contributed by atoms with Gasteiger partial charge >= 0.3 is 5.97 Å². The summed E-state index contributed by atoms with van der Waals surface area (Å²) in [6.07, 6.45) is 6.38. The zero-order valence-electron chi connectivity index (χ0n) is 19.8. The predicted octanol–water partition coefficient (Wildman–Crippen LogP) is 2.89. The number of ether oxygens (including phenoxy) is 1. The van der Waals surface area contributed by atoms with Gasteiger partial charge < -0.3 is 10.5 Å². The number of benzene rings is 2. The third-order valence-electron chi connectivity index (χ3n) is 5.92. The molecule has 0 atom stereocenters. The molecule has 1 aliphatic rings. The molecule has 0 fully saturated rings. The molecule has 0 aliphatic carbocycles. The Morgan fingerprint density at radius 3 is 2.71 bits per heavy atom. The van der Waals surface area contributed by atoms with Gasteiger partial charge in [-0.1, -0.05) is 30.3 Å². The van der Waals surface area contributed by atoms with Crippen LogP contribution in [0.15, 0.2) is 54.7 Å². The first-order chi connectivity index (χ1) is 16.8. The molecule has 0 amide bonds. The molecule has 0 saturated heterocycles. The molecule has 0 unspecified atom stereocenters. The molecule has 2 aromatic carbocycles. The Bertz CT molecular complexity index is 1310. The van der Waals surface area contributed by atoms with Crippen LogP contribution in [0.3, 0.4) is 0 Å². The van der Waals surface area contributed by atoms with Crippen LogP contribution >= 0.6 is 0 Å². The number of sulfonamides is 1. The fraction of sp³-hybridized carbons (Fsp3) is 0.346. The van der Waals surface area contributed by atoms with E-state index in [2.05, 4.69) is 4.98 Å². The lowest BCUT2D eigenvalue weighted by Crippen LogP contribution is -2.31. The van der Waals surface area contributed by atoms with Crippen molar-refractivity contribution < 1.29 is 17.9 Å². The van der Waals surface area contributed by atoms with Gasteiger partial charge in [-0.05, 0) is 55.1 Å². The maximum atomic E-state index is 12.2. The normalized spacial score (nSPS) is 13.2. The van der Waals surface area contributed by atoms with Crippen LogP contribution in [0.2, 0.25) is 0 Å². The smallest absolute Gasteiger partial charge is 0.315 e. The van der Waals surface area contributed by atoms with Crippen molar-refractivity contribution in [2.24, 2.45) is 5.73 Å². The lowest BCUT2D eigenvalue weighted by molar-refractivity contribution is -0.131. The molecule has 2 N–H and O–H groups in total. The van der Waals surface area contributed by atoms with Crippen molar-refractivity contribution in [2.75, 3.05) is 19.3 Å². The van der Waals surface area contributed by atoms with E-state index in [1.54, 1.807) is 6.20 Å². The lowest BCUT2D eigenvalue weighted by atomic mass is 10.0. The number of nitrogens with two attached hydrogens (primary N) is 1. The molecule has 0 saturated carbocycles. The van der Waals surface area contributed by atoms with Gasteiger partial charge in [0.2, 0.25) is 10.0 Å². The van der Waals surface area contributed by atoms with Crippen LogP contribution in [0.4, 0.5) is 0 Å². The van der Waals surface area contributed by atoms with Crippen molar-refractivity contribution in [1.82, 2.24) is 14.3 Å². The highest BCUT2D eigenvalue weighted by Gasteiger charge is 2.20. The average Bonchev–Trinajstić information content (AvgIpc) is 3.21. The van der Waals surface area contributed by atoms with E-state index in [9.17, 15) is 13.2 Å². The number of carbonyl (C=O) groups excluding carboxylic acids is 1. The van der Waals surface area contributed by atoms with Gasteiger partial charge in [0, 0.05) is 36.8 Å². The molecule has 0 radical (unpaired) electrons. The van der Waals surface area contributed by atoms with Gasteiger partial charge in [-0.2, -0.15) is 4.31 Å². The van der Waals surface area contributed by atoms with Crippen LogP contribution in [0, 0.1) is 0 Å². The van der Waals surface area contributed by atoms with Crippen LogP contribution in [-0.4, -0.2) is 48.0 Å². The predicted molar refractivity (Wildman–Crippen MR) is 134 cm³/mol. The minimum atomic E-state index is -3.33. The first-order valence-corrected chi connectivity index (χ1v) is 13.6. The van der Waals surface area contributed by atoms with E-state index in [0.29, 0.717) is 38.2 Å². The number of hydrogen-bond donors (Lipinski definition) is 1. The van der Waals surface area contributed by atoms with E-state index in [0.717, 1.165) is 53.0 Å². The molecule has 0 bridgehead atoms. The summed E-state index contributed by atoms with van der Waals surface area (Å²) < 4.78 is 30.9. The van der Waals surface area contributed by atoms with Gasteiger partial charge in [0.15, 0.2) is 0 Å². The first kappa shape index (κ1) is 25.0. The van der Waals surface area contributed by atoms with Crippen LogP contribution in [0.25, 0.3) is 11.3 Å². The highest BCUT2D eigenvalue weighted by Crippen LogP contribution is 2.27. The van der Waals surface area contributed by atoms with Crippen molar-refractivity contribution in [3.63, 3.8) is 0 Å². The highest BCUT2D eigenvalue weighted by molar-refractivity contribution is 7.88. The number of nitrogens with zero attached hydrogens (tertiary/aromatic N) is 3. The minimum absolute atomic E-state index is 0.203. The molecule has 4 rings (SSSR count). The summed E-state index contributed by atoms with van der Waals surface area (Å²) in [5.41, 5.74) is 10.3. The maximum Gasteiger partial charge on any atom is 0.315 e. The minimum Gasteiger partial charge on any atom is -0.426 e. The standard InChI is InChI=1S/C26H30N4O4S/c1-35(32,33)30(14-4-12-27)18-20-6-2-7-21(16-20)23-11-13-28-25(29-23)8-3-5-19-9-10-24-22(15-19)17-26(31)34-24/h2,6-7,9-11,13,15-16H,3-5,8,12,14,17-18,27H2,1H3. The molecule has 9 heteroatoms. The Labute approximate surface area is 206 Å².